The lowest BCUT2D eigenvalue weighted by Gasteiger charge is -2.11. The van der Waals surface area contributed by atoms with Gasteiger partial charge in [0.25, 0.3) is 0 Å². The molecule has 0 saturated carbocycles. The molecular weight excluding hydrogens is 500 g/mol. The summed E-state index contributed by atoms with van der Waals surface area (Å²) in [7, 11) is -3.20. The molecule has 4 N–H and O–H groups in total. The van der Waals surface area contributed by atoms with E-state index in [0.717, 1.165) is 44.9 Å². The van der Waals surface area contributed by atoms with Crippen molar-refractivity contribution < 1.29 is 17.6 Å². The predicted molar refractivity (Wildman–Crippen MR) is 150 cm³/mol. The summed E-state index contributed by atoms with van der Waals surface area (Å²) in [5.74, 6) is 1.94. The number of ether oxygens (including phenoxy) is 1. The Morgan fingerprint density at radius 3 is 2.50 bits per heavy atom. The lowest BCUT2D eigenvalue weighted by molar-refractivity contribution is 0.483. The fourth-order valence-electron chi connectivity index (χ4n) is 3.96. The fraction of sp³-hybridized carbons (Fsp3) is 0.138. The first-order valence-electron chi connectivity index (χ1n) is 12.2. The van der Waals surface area contributed by atoms with Crippen LogP contribution in [0.1, 0.15) is 5.56 Å². The van der Waals surface area contributed by atoms with Gasteiger partial charge in [0.2, 0.25) is 0 Å². The molecule has 0 aliphatic rings. The lowest BCUT2D eigenvalue weighted by atomic mass is 10.1. The second-order valence-corrected chi connectivity index (χ2v) is 11.0. The van der Waals surface area contributed by atoms with E-state index < -0.39 is 9.84 Å². The predicted octanol–water partition coefficient (Wildman–Crippen LogP) is 5.45. The molecule has 0 aliphatic heterocycles. The first-order valence-corrected chi connectivity index (χ1v) is 14.0. The van der Waals surface area contributed by atoms with E-state index in [4.69, 9.17) is 14.9 Å². The van der Waals surface area contributed by atoms with Gasteiger partial charge >= 0.3 is 0 Å². The van der Waals surface area contributed by atoms with Crippen LogP contribution < -0.4 is 21.1 Å². The van der Waals surface area contributed by atoms with Crippen LogP contribution in [-0.2, 0) is 16.4 Å². The van der Waals surface area contributed by atoms with Gasteiger partial charge in [0, 0.05) is 47.2 Å². The van der Waals surface area contributed by atoms with Gasteiger partial charge in [-0.2, -0.15) is 0 Å². The Labute approximate surface area is 221 Å². The Bertz CT molecular complexity index is 1620. The quantitative estimate of drug-likeness (QED) is 0.194. The van der Waals surface area contributed by atoms with Crippen LogP contribution >= 0.6 is 0 Å². The SMILES string of the molecule is NCS(=O)(=O)CCNCc1coc(-c2ccc3c(Nc4ccc(Oc5ccccc5)cc4)ccnc3c2)c1. The molecule has 194 valence electrons. The number of sulfone groups is 1. The maximum absolute atomic E-state index is 11.5. The summed E-state index contributed by atoms with van der Waals surface area (Å²) in [4.78, 5) is 4.55. The van der Waals surface area contributed by atoms with Crippen LogP contribution in [0.5, 0.6) is 11.5 Å². The Hall–Kier alpha value is -4.18. The molecule has 0 radical (unpaired) electrons. The third-order valence-electron chi connectivity index (χ3n) is 5.97. The summed E-state index contributed by atoms with van der Waals surface area (Å²) in [6.45, 7) is 0.831. The van der Waals surface area contributed by atoms with Crippen molar-refractivity contribution in [3.63, 3.8) is 0 Å². The maximum atomic E-state index is 11.5. The minimum Gasteiger partial charge on any atom is -0.464 e. The number of pyridine rings is 1. The van der Waals surface area contributed by atoms with E-state index >= 15 is 0 Å². The number of aromatic nitrogens is 1. The molecule has 0 aliphatic carbocycles. The van der Waals surface area contributed by atoms with Crippen molar-refractivity contribution in [2.45, 2.75) is 6.54 Å². The molecule has 0 amide bonds. The number of anilines is 2. The van der Waals surface area contributed by atoms with Crippen molar-refractivity contribution >= 4 is 32.1 Å². The molecule has 38 heavy (non-hydrogen) atoms. The number of benzene rings is 3. The second-order valence-electron chi connectivity index (χ2n) is 8.77. The number of hydrogen-bond acceptors (Lipinski definition) is 8. The van der Waals surface area contributed by atoms with Crippen LogP contribution in [0.4, 0.5) is 11.4 Å². The Morgan fingerprint density at radius 2 is 1.71 bits per heavy atom. The molecule has 0 saturated heterocycles. The van der Waals surface area contributed by atoms with Gasteiger partial charge in [-0.15, -0.1) is 0 Å². The zero-order chi connectivity index (χ0) is 26.4. The van der Waals surface area contributed by atoms with Crippen LogP contribution in [0.3, 0.4) is 0 Å². The van der Waals surface area contributed by atoms with Gasteiger partial charge < -0.3 is 25.5 Å². The molecule has 3 aromatic carbocycles. The van der Waals surface area contributed by atoms with E-state index in [1.807, 2.05) is 84.9 Å². The minimum atomic E-state index is -3.20. The topological polar surface area (TPSA) is 119 Å². The first-order chi connectivity index (χ1) is 18.5. The van der Waals surface area contributed by atoms with E-state index in [2.05, 4.69) is 15.6 Å². The molecule has 0 atom stereocenters. The van der Waals surface area contributed by atoms with Crippen molar-refractivity contribution in [3.05, 3.63) is 103 Å². The van der Waals surface area contributed by atoms with Crippen LogP contribution in [0, 0.1) is 0 Å². The van der Waals surface area contributed by atoms with E-state index in [1.165, 1.54) is 0 Å². The van der Waals surface area contributed by atoms with Gasteiger partial charge in [-0.1, -0.05) is 24.3 Å². The van der Waals surface area contributed by atoms with Gasteiger partial charge in [0.1, 0.15) is 17.3 Å². The Morgan fingerprint density at radius 1 is 0.921 bits per heavy atom. The van der Waals surface area contributed by atoms with Crippen LogP contribution in [-0.4, -0.2) is 31.6 Å². The van der Waals surface area contributed by atoms with Gasteiger partial charge in [0.05, 0.1) is 23.4 Å². The summed E-state index contributed by atoms with van der Waals surface area (Å²) in [5.41, 5.74) is 9.78. The van der Waals surface area contributed by atoms with Gasteiger partial charge in [-0.3, -0.25) is 4.98 Å². The zero-order valence-electron chi connectivity index (χ0n) is 20.6. The molecular formula is C29H28N4O4S. The highest BCUT2D eigenvalue weighted by atomic mass is 32.2. The molecule has 5 rings (SSSR count). The first kappa shape index (κ1) is 25.5. The monoisotopic (exact) mass is 528 g/mol. The van der Waals surface area contributed by atoms with Crippen molar-refractivity contribution in [2.24, 2.45) is 5.73 Å². The van der Waals surface area contributed by atoms with Crippen LogP contribution in [0.15, 0.2) is 102 Å². The number of fused-ring (bicyclic) bond motifs is 1. The maximum Gasteiger partial charge on any atom is 0.164 e. The van der Waals surface area contributed by atoms with Crippen molar-refractivity contribution in [3.8, 4) is 22.8 Å². The molecule has 9 heteroatoms. The number of nitrogens with one attached hydrogen (secondary N) is 2. The molecule has 5 aromatic rings. The highest BCUT2D eigenvalue weighted by molar-refractivity contribution is 7.91. The number of rotatable bonds is 11. The van der Waals surface area contributed by atoms with Gasteiger partial charge in [-0.25, -0.2) is 8.42 Å². The minimum absolute atomic E-state index is 0.00648. The summed E-state index contributed by atoms with van der Waals surface area (Å²) < 4.78 is 34.7. The summed E-state index contributed by atoms with van der Waals surface area (Å²) >= 11 is 0. The number of para-hydroxylation sites is 1. The molecule has 2 aromatic heterocycles. The largest absolute Gasteiger partial charge is 0.464 e. The average molecular weight is 529 g/mol. The highest BCUT2D eigenvalue weighted by Gasteiger charge is 2.10. The molecule has 2 heterocycles. The van der Waals surface area contributed by atoms with Gasteiger partial charge in [0.15, 0.2) is 9.84 Å². The molecule has 0 fully saturated rings. The number of furan rings is 1. The van der Waals surface area contributed by atoms with Crippen LogP contribution in [0.25, 0.3) is 22.2 Å². The average Bonchev–Trinajstić information content (AvgIpc) is 3.42. The van der Waals surface area contributed by atoms with Crippen LogP contribution in [0.2, 0.25) is 0 Å². The summed E-state index contributed by atoms with van der Waals surface area (Å²) in [6, 6.07) is 27.4. The molecule has 8 nitrogen and oxygen atoms in total. The number of nitrogens with two attached hydrogens (primary N) is 1. The fourth-order valence-corrected chi connectivity index (χ4v) is 4.58. The Balaban J connectivity index is 1.25. The molecule has 0 bridgehead atoms. The molecule has 0 spiro atoms. The zero-order valence-corrected chi connectivity index (χ0v) is 21.4. The van der Waals surface area contributed by atoms with E-state index in [0.29, 0.717) is 18.8 Å². The van der Waals surface area contributed by atoms with Crippen molar-refractivity contribution in [1.82, 2.24) is 10.3 Å². The third-order valence-corrected chi connectivity index (χ3v) is 7.30. The number of nitrogens with zero attached hydrogens (tertiary/aromatic N) is 1. The van der Waals surface area contributed by atoms with Crippen molar-refractivity contribution in [1.29, 1.82) is 0 Å². The highest BCUT2D eigenvalue weighted by Crippen LogP contribution is 2.31. The molecule has 0 unspecified atom stereocenters. The van der Waals surface area contributed by atoms with E-state index in [-0.39, 0.29) is 11.6 Å². The van der Waals surface area contributed by atoms with E-state index in [1.54, 1.807) is 12.5 Å². The van der Waals surface area contributed by atoms with Gasteiger partial charge in [-0.05, 0) is 60.7 Å². The summed E-state index contributed by atoms with van der Waals surface area (Å²) in [5, 5.41) is 7.56. The third kappa shape index (κ3) is 6.38. The lowest BCUT2D eigenvalue weighted by Crippen LogP contribution is -2.26. The standard InChI is InChI=1S/C29H28N4O4S/c30-20-38(34,35)15-14-31-18-21-16-29(36-19-21)22-6-11-26-27(12-13-32-28(26)17-22)33-23-7-9-25(10-8-23)37-24-4-2-1-3-5-24/h1-13,16-17,19,31H,14-15,18,20,30H2,(H,32,33). The van der Waals surface area contributed by atoms with E-state index in [9.17, 15) is 8.42 Å². The Kier molecular flexibility index (Phi) is 7.69. The normalized spacial score (nSPS) is 11.5. The van der Waals surface area contributed by atoms with Crippen molar-refractivity contribution in [2.75, 3.05) is 23.5 Å². The smallest absolute Gasteiger partial charge is 0.164 e. The number of hydrogen-bond donors (Lipinski definition) is 3. The summed E-state index contributed by atoms with van der Waals surface area (Å²) in [6.07, 6.45) is 3.44. The second kappa shape index (κ2) is 11.5.